The summed E-state index contributed by atoms with van der Waals surface area (Å²) in [6, 6.07) is 9.18. The van der Waals surface area contributed by atoms with Gasteiger partial charge in [-0.05, 0) is 44.4 Å². The molecule has 0 radical (unpaired) electrons. The monoisotopic (exact) mass is 328 g/mol. The van der Waals surface area contributed by atoms with Gasteiger partial charge in [-0.25, -0.2) is 4.68 Å². The van der Waals surface area contributed by atoms with Crippen molar-refractivity contribution in [2.45, 2.75) is 32.7 Å². The smallest absolute Gasteiger partial charge is 0.295 e. The van der Waals surface area contributed by atoms with Crippen molar-refractivity contribution >= 4 is 11.6 Å². The molecule has 1 aromatic heterocycles. The molecule has 1 aliphatic rings. The number of benzene rings is 1. The fraction of sp³-hybridized carbons (Fsp3) is 0.444. The lowest BCUT2D eigenvalue weighted by molar-refractivity contribution is -0.119. The molecule has 0 spiro atoms. The van der Waals surface area contributed by atoms with Crippen molar-refractivity contribution in [3.8, 4) is 5.69 Å². The predicted molar refractivity (Wildman–Crippen MR) is 94.6 cm³/mol. The van der Waals surface area contributed by atoms with Gasteiger partial charge in [0.25, 0.3) is 5.56 Å². The lowest BCUT2D eigenvalue weighted by atomic mass is 9.94. The van der Waals surface area contributed by atoms with E-state index in [1.54, 1.807) is 9.36 Å². The first kappa shape index (κ1) is 16.5. The molecule has 1 saturated heterocycles. The third kappa shape index (κ3) is 3.01. The quantitative estimate of drug-likeness (QED) is 0.903. The van der Waals surface area contributed by atoms with E-state index in [2.05, 4.69) is 17.6 Å². The van der Waals surface area contributed by atoms with Crippen molar-refractivity contribution in [1.82, 2.24) is 14.7 Å². The van der Waals surface area contributed by atoms with E-state index in [9.17, 15) is 9.59 Å². The zero-order valence-corrected chi connectivity index (χ0v) is 14.4. The van der Waals surface area contributed by atoms with Crippen LogP contribution in [0.25, 0.3) is 5.69 Å². The summed E-state index contributed by atoms with van der Waals surface area (Å²) in [4.78, 5) is 25.3. The second-order valence-corrected chi connectivity index (χ2v) is 6.56. The summed E-state index contributed by atoms with van der Waals surface area (Å²) >= 11 is 0. The summed E-state index contributed by atoms with van der Waals surface area (Å²) in [7, 11) is 1.82. The van der Waals surface area contributed by atoms with Crippen LogP contribution < -0.4 is 16.2 Å². The summed E-state index contributed by atoms with van der Waals surface area (Å²) in [5, 5.41) is 6.08. The van der Waals surface area contributed by atoms with Gasteiger partial charge >= 0.3 is 0 Å². The Morgan fingerprint density at radius 3 is 2.67 bits per heavy atom. The Bertz CT molecular complexity index is 791. The van der Waals surface area contributed by atoms with Crippen LogP contribution in [0.15, 0.2) is 35.1 Å². The predicted octanol–water partition coefficient (Wildman–Crippen LogP) is 1.81. The molecule has 0 saturated carbocycles. The maximum atomic E-state index is 12.8. The number of nitrogens with one attached hydrogen (secondary N) is 2. The highest BCUT2D eigenvalue weighted by Gasteiger charge is 2.26. The van der Waals surface area contributed by atoms with Crippen molar-refractivity contribution in [1.29, 1.82) is 0 Å². The molecule has 1 aliphatic heterocycles. The average molecular weight is 328 g/mol. The van der Waals surface area contributed by atoms with Crippen molar-refractivity contribution in [2.75, 3.05) is 11.9 Å². The van der Waals surface area contributed by atoms with Gasteiger partial charge in [0.2, 0.25) is 5.91 Å². The van der Waals surface area contributed by atoms with E-state index < -0.39 is 0 Å². The largest absolute Gasteiger partial charge is 0.319 e. The maximum absolute atomic E-state index is 12.8. The van der Waals surface area contributed by atoms with Crippen LogP contribution >= 0.6 is 0 Å². The zero-order valence-electron chi connectivity index (χ0n) is 14.4. The maximum Gasteiger partial charge on any atom is 0.295 e. The van der Waals surface area contributed by atoms with Crippen LogP contribution in [0.3, 0.4) is 0 Å². The Balaban J connectivity index is 1.89. The second kappa shape index (κ2) is 6.65. The number of carbonyl (C=O) groups is 1. The normalized spacial score (nSPS) is 20.8. The highest BCUT2D eigenvalue weighted by atomic mass is 16.2. The molecule has 2 aromatic rings. The van der Waals surface area contributed by atoms with Crippen LogP contribution in [-0.2, 0) is 11.8 Å². The number of anilines is 1. The van der Waals surface area contributed by atoms with Gasteiger partial charge in [-0.3, -0.25) is 14.3 Å². The molecule has 2 N–H and O–H groups in total. The van der Waals surface area contributed by atoms with Crippen molar-refractivity contribution < 1.29 is 4.79 Å². The Morgan fingerprint density at radius 1 is 1.29 bits per heavy atom. The molecule has 2 atom stereocenters. The van der Waals surface area contributed by atoms with Gasteiger partial charge in [0.15, 0.2) is 0 Å². The first-order valence-electron chi connectivity index (χ1n) is 8.37. The van der Waals surface area contributed by atoms with Gasteiger partial charge in [-0.2, -0.15) is 0 Å². The van der Waals surface area contributed by atoms with E-state index in [-0.39, 0.29) is 17.5 Å². The van der Waals surface area contributed by atoms with Gasteiger partial charge in [0, 0.05) is 7.05 Å². The van der Waals surface area contributed by atoms with E-state index in [1.165, 1.54) is 0 Å². The van der Waals surface area contributed by atoms with E-state index in [4.69, 9.17) is 0 Å². The first-order valence-corrected chi connectivity index (χ1v) is 8.37. The Hall–Kier alpha value is -2.34. The number of hydrogen-bond acceptors (Lipinski definition) is 3. The van der Waals surface area contributed by atoms with Crippen LogP contribution in [0.1, 0.15) is 25.5 Å². The van der Waals surface area contributed by atoms with Crippen LogP contribution in [0.2, 0.25) is 0 Å². The average Bonchev–Trinajstić information content (AvgIpc) is 2.79. The van der Waals surface area contributed by atoms with Crippen molar-refractivity contribution in [3.05, 3.63) is 46.4 Å². The van der Waals surface area contributed by atoms with Gasteiger partial charge in [0.1, 0.15) is 5.69 Å². The molecule has 6 nitrogen and oxygen atoms in total. The number of rotatable bonds is 3. The zero-order chi connectivity index (χ0) is 17.3. The summed E-state index contributed by atoms with van der Waals surface area (Å²) < 4.78 is 3.34. The molecule has 6 heteroatoms. The molecule has 2 heterocycles. The molecule has 0 bridgehead atoms. The lowest BCUT2D eigenvalue weighted by Gasteiger charge is -2.27. The number of amides is 1. The highest BCUT2D eigenvalue weighted by Crippen LogP contribution is 2.18. The minimum Gasteiger partial charge on any atom is -0.319 e. The third-order valence-corrected chi connectivity index (χ3v) is 4.78. The number of para-hydroxylation sites is 1. The molecule has 128 valence electrons. The highest BCUT2D eigenvalue weighted by molar-refractivity contribution is 5.95. The molecule has 0 aliphatic carbocycles. The molecule has 3 rings (SSSR count). The van der Waals surface area contributed by atoms with Gasteiger partial charge in [0.05, 0.1) is 17.4 Å². The molecule has 1 aromatic carbocycles. The molecule has 1 fully saturated rings. The molecular formula is C18H24N4O2. The first-order chi connectivity index (χ1) is 11.5. The number of hydrogen-bond donors (Lipinski definition) is 2. The summed E-state index contributed by atoms with van der Waals surface area (Å²) in [5.41, 5.74) is 1.66. The van der Waals surface area contributed by atoms with Crippen LogP contribution in [0.5, 0.6) is 0 Å². The topological polar surface area (TPSA) is 68.1 Å². The minimum atomic E-state index is -0.238. The van der Waals surface area contributed by atoms with Crippen LogP contribution in [0, 0.1) is 12.8 Å². The third-order valence-electron chi connectivity index (χ3n) is 4.78. The van der Waals surface area contributed by atoms with Gasteiger partial charge < -0.3 is 10.6 Å². The van der Waals surface area contributed by atoms with Gasteiger partial charge in [-0.1, -0.05) is 25.1 Å². The van der Waals surface area contributed by atoms with Crippen LogP contribution in [0.4, 0.5) is 5.69 Å². The Morgan fingerprint density at radius 2 is 2.00 bits per heavy atom. The van der Waals surface area contributed by atoms with E-state index in [1.807, 2.05) is 44.3 Å². The fourth-order valence-corrected chi connectivity index (χ4v) is 3.23. The molecule has 2 unspecified atom stereocenters. The van der Waals surface area contributed by atoms with E-state index in [0.717, 1.165) is 30.8 Å². The second-order valence-electron chi connectivity index (χ2n) is 6.56. The molecular weight excluding hydrogens is 304 g/mol. The number of carbonyl (C=O) groups excluding carboxylic acids is 1. The number of aromatic nitrogens is 2. The van der Waals surface area contributed by atoms with Gasteiger partial charge in [-0.15, -0.1) is 0 Å². The Kier molecular flexibility index (Phi) is 4.57. The van der Waals surface area contributed by atoms with E-state index in [0.29, 0.717) is 11.6 Å². The summed E-state index contributed by atoms with van der Waals surface area (Å²) in [6.07, 6.45) is 1.87. The summed E-state index contributed by atoms with van der Waals surface area (Å²) in [5.74, 6) is 0.382. The standard InChI is InChI=1S/C18H24N4O2/c1-12-9-10-19-15(11-12)17(23)20-16-13(2)21(3)22(18(16)24)14-7-5-4-6-8-14/h4-8,12,15,19H,9-11H2,1-3H3,(H,20,23). The van der Waals surface area contributed by atoms with Crippen molar-refractivity contribution in [2.24, 2.45) is 13.0 Å². The lowest BCUT2D eigenvalue weighted by Crippen LogP contribution is -2.46. The Labute approximate surface area is 141 Å². The van der Waals surface area contributed by atoms with Crippen molar-refractivity contribution in [3.63, 3.8) is 0 Å². The summed E-state index contributed by atoms with van der Waals surface area (Å²) in [6.45, 7) is 4.83. The number of nitrogens with zero attached hydrogens (tertiary/aromatic N) is 2. The fourth-order valence-electron chi connectivity index (χ4n) is 3.23. The molecule has 24 heavy (non-hydrogen) atoms. The number of piperidine rings is 1. The SMILES string of the molecule is Cc1c(NC(=O)C2CC(C)CCN2)c(=O)n(-c2ccccc2)n1C. The minimum absolute atomic E-state index is 0.132. The van der Waals surface area contributed by atoms with E-state index >= 15 is 0 Å². The van der Waals surface area contributed by atoms with Crippen LogP contribution in [-0.4, -0.2) is 27.9 Å². The molecule has 1 amide bonds.